The lowest BCUT2D eigenvalue weighted by Gasteiger charge is -2.17. The minimum absolute atomic E-state index is 0.0360. The van der Waals surface area contributed by atoms with Crippen molar-refractivity contribution in [1.82, 2.24) is 5.32 Å². The summed E-state index contributed by atoms with van der Waals surface area (Å²) in [5.74, 6) is 2.78. The van der Waals surface area contributed by atoms with Gasteiger partial charge in [-0.25, -0.2) is 0 Å². The summed E-state index contributed by atoms with van der Waals surface area (Å²) in [6, 6.07) is 6.49. The molecule has 1 fully saturated rings. The van der Waals surface area contributed by atoms with Gasteiger partial charge in [-0.2, -0.15) is 13.2 Å². The lowest BCUT2D eigenvalue weighted by Crippen LogP contribution is -2.41. The van der Waals surface area contributed by atoms with Crippen LogP contribution in [-0.4, -0.2) is 42.7 Å². The van der Waals surface area contributed by atoms with Gasteiger partial charge in [0, 0.05) is 17.0 Å². The van der Waals surface area contributed by atoms with Gasteiger partial charge in [-0.15, -0.1) is 13.2 Å². The highest BCUT2D eigenvalue weighted by atomic mass is 19.4. The number of carbonyl (C=O) groups excluding carboxylic acids is 1. The molecule has 11 heteroatoms. The number of hydrogen-bond acceptors (Lipinski definition) is 4. The van der Waals surface area contributed by atoms with Crippen molar-refractivity contribution in [1.29, 1.82) is 0 Å². The zero-order chi connectivity index (χ0) is 23.5. The molecular weight excluding hydrogens is 444 g/mol. The Morgan fingerprint density at radius 3 is 2.41 bits per heavy atom. The van der Waals surface area contributed by atoms with Crippen LogP contribution in [0.2, 0.25) is 0 Å². The number of benzene rings is 2. The lowest BCUT2D eigenvalue weighted by atomic mass is 9.96. The predicted octanol–water partition coefficient (Wildman–Crippen LogP) is 3.50. The van der Waals surface area contributed by atoms with E-state index in [9.17, 15) is 36.2 Å². The van der Waals surface area contributed by atoms with Gasteiger partial charge >= 0.3 is 12.5 Å². The molecule has 2 aromatic carbocycles. The molecule has 1 amide bonds. The summed E-state index contributed by atoms with van der Waals surface area (Å²) in [6.07, 6.45) is -10.9. The highest BCUT2D eigenvalue weighted by molar-refractivity contribution is 5.94. The van der Waals surface area contributed by atoms with Gasteiger partial charge in [-0.1, -0.05) is 30.2 Å². The monoisotopic (exact) mass is 459 g/mol. The molecule has 170 valence electrons. The van der Waals surface area contributed by atoms with Gasteiger partial charge in [0.05, 0.1) is 30.9 Å². The molecule has 0 bridgehead atoms. The van der Waals surface area contributed by atoms with Crippen molar-refractivity contribution in [2.45, 2.75) is 24.7 Å². The quantitative estimate of drug-likeness (QED) is 0.545. The number of aliphatic hydroxyl groups is 1. The predicted molar refractivity (Wildman–Crippen MR) is 99.2 cm³/mol. The Balaban J connectivity index is 1.93. The van der Waals surface area contributed by atoms with Crippen LogP contribution in [0, 0.1) is 11.8 Å². The third-order valence-electron chi connectivity index (χ3n) is 4.42. The minimum Gasteiger partial charge on any atom is -0.405 e. The number of carbonyl (C=O) groups is 1. The van der Waals surface area contributed by atoms with Crippen molar-refractivity contribution in [3.63, 3.8) is 0 Å². The van der Waals surface area contributed by atoms with E-state index in [2.05, 4.69) is 21.9 Å². The highest BCUT2D eigenvalue weighted by Gasteiger charge is 2.36. The number of amides is 1. The van der Waals surface area contributed by atoms with Crippen LogP contribution in [0.1, 0.15) is 11.1 Å². The maximum absolute atomic E-state index is 13.7. The Bertz CT molecular complexity index is 1050. The minimum atomic E-state index is -5.09. The fourth-order valence-corrected chi connectivity index (χ4v) is 3.01. The van der Waals surface area contributed by atoms with Gasteiger partial charge in [0.15, 0.2) is 0 Å². The van der Waals surface area contributed by atoms with E-state index in [0.29, 0.717) is 6.07 Å². The summed E-state index contributed by atoms with van der Waals surface area (Å²) in [5, 5.41) is 12.0. The summed E-state index contributed by atoms with van der Waals surface area (Å²) >= 11 is 0. The maximum atomic E-state index is 13.7. The van der Waals surface area contributed by atoms with E-state index in [1.807, 2.05) is 0 Å². The highest BCUT2D eigenvalue weighted by Crippen LogP contribution is 2.41. The van der Waals surface area contributed by atoms with Crippen molar-refractivity contribution in [3.05, 3.63) is 53.6 Å². The Hall–Kier alpha value is -3.23. The summed E-state index contributed by atoms with van der Waals surface area (Å²) in [7, 11) is 0. The topological polar surface area (TPSA) is 67.8 Å². The summed E-state index contributed by atoms with van der Waals surface area (Å²) < 4.78 is 87.8. The van der Waals surface area contributed by atoms with Gasteiger partial charge < -0.3 is 19.9 Å². The molecule has 3 rings (SSSR count). The largest absolute Gasteiger partial charge is 0.573 e. The van der Waals surface area contributed by atoms with Gasteiger partial charge in [-0.3, -0.25) is 4.79 Å². The van der Waals surface area contributed by atoms with E-state index >= 15 is 0 Å². The molecule has 2 aromatic rings. The van der Waals surface area contributed by atoms with Crippen LogP contribution in [0.25, 0.3) is 11.1 Å². The second-order valence-corrected chi connectivity index (χ2v) is 6.74. The van der Waals surface area contributed by atoms with Crippen LogP contribution >= 0.6 is 0 Å². The molecule has 5 nitrogen and oxygen atoms in total. The smallest absolute Gasteiger partial charge is 0.405 e. The number of alkyl halides is 6. The normalized spacial score (nSPS) is 18.6. The first-order valence-corrected chi connectivity index (χ1v) is 9.09. The molecular formula is C21H15F6NO4. The Morgan fingerprint density at radius 1 is 1.06 bits per heavy atom. The van der Waals surface area contributed by atoms with Crippen molar-refractivity contribution in [2.75, 3.05) is 13.2 Å². The second-order valence-electron chi connectivity index (χ2n) is 6.74. The molecule has 0 radical (unpaired) electrons. The van der Waals surface area contributed by atoms with Gasteiger partial charge in [0.25, 0.3) is 5.91 Å². The zero-order valence-electron chi connectivity index (χ0n) is 16.1. The number of hydrogen-bond donors (Lipinski definition) is 2. The van der Waals surface area contributed by atoms with Gasteiger partial charge in [-0.05, 0) is 23.8 Å². The van der Waals surface area contributed by atoms with Crippen LogP contribution in [0.15, 0.2) is 42.5 Å². The number of aliphatic hydroxyl groups excluding tert-OH is 1. The molecule has 2 N–H and O–H groups in total. The lowest BCUT2D eigenvalue weighted by molar-refractivity contribution is -0.274. The Morgan fingerprint density at radius 2 is 1.78 bits per heavy atom. The first kappa shape index (κ1) is 23.4. The SMILES string of the molecule is O=C(C#Cc1ccc(-c2ccccc2OC(F)(F)F)c(C(F)(F)F)c1)N[C@@H]1COC[C@H]1O. The van der Waals surface area contributed by atoms with Gasteiger partial charge in [0.2, 0.25) is 0 Å². The molecule has 1 saturated heterocycles. The van der Waals surface area contributed by atoms with E-state index in [0.717, 1.165) is 24.3 Å². The van der Waals surface area contributed by atoms with Crippen molar-refractivity contribution < 1.29 is 45.7 Å². The van der Waals surface area contributed by atoms with E-state index in [4.69, 9.17) is 4.74 Å². The number of para-hydroxylation sites is 1. The number of rotatable bonds is 3. The van der Waals surface area contributed by atoms with Crippen LogP contribution in [0.5, 0.6) is 5.75 Å². The average Bonchev–Trinajstić information content (AvgIpc) is 3.09. The molecule has 0 spiro atoms. The Labute approximate surface area is 177 Å². The Kier molecular flexibility index (Phi) is 6.66. The third kappa shape index (κ3) is 5.93. The zero-order valence-corrected chi connectivity index (χ0v) is 16.1. The van der Waals surface area contributed by atoms with Crippen molar-refractivity contribution in [3.8, 4) is 28.7 Å². The molecule has 2 atom stereocenters. The molecule has 32 heavy (non-hydrogen) atoms. The molecule has 0 aromatic heterocycles. The molecule has 1 heterocycles. The summed E-state index contributed by atoms with van der Waals surface area (Å²) in [6.45, 7) is 0.106. The fourth-order valence-electron chi connectivity index (χ4n) is 3.01. The number of nitrogens with one attached hydrogen (secondary N) is 1. The van der Waals surface area contributed by atoms with Crippen LogP contribution in [0.3, 0.4) is 0 Å². The van der Waals surface area contributed by atoms with E-state index in [-0.39, 0.29) is 18.8 Å². The fraction of sp³-hybridized carbons (Fsp3) is 0.286. The number of halogens is 6. The van der Waals surface area contributed by atoms with Crippen LogP contribution in [-0.2, 0) is 15.7 Å². The summed E-state index contributed by atoms with van der Waals surface area (Å²) in [5.41, 5.74) is -2.39. The molecule has 0 saturated carbocycles. The number of ether oxygens (including phenoxy) is 2. The third-order valence-corrected chi connectivity index (χ3v) is 4.42. The van der Waals surface area contributed by atoms with Crippen LogP contribution < -0.4 is 10.1 Å². The molecule has 1 aliphatic heterocycles. The second kappa shape index (κ2) is 9.10. The molecule has 0 unspecified atom stereocenters. The van der Waals surface area contributed by atoms with Crippen LogP contribution in [0.4, 0.5) is 26.3 Å². The summed E-state index contributed by atoms with van der Waals surface area (Å²) in [4.78, 5) is 11.9. The first-order chi connectivity index (χ1) is 14.9. The standard InChI is InChI=1S/C21H15F6NO4/c22-20(23,24)15-9-12(6-8-19(30)28-16-10-31-11-17(16)29)5-7-13(15)14-3-1-2-4-18(14)32-21(25,26)27/h1-5,7,9,16-17,29H,10-11H2,(H,28,30)/t16-,17-/m1/s1. The van der Waals surface area contributed by atoms with E-state index in [1.165, 1.54) is 12.1 Å². The average molecular weight is 459 g/mol. The van der Waals surface area contributed by atoms with E-state index in [1.54, 1.807) is 0 Å². The molecule has 1 aliphatic rings. The van der Waals surface area contributed by atoms with E-state index < -0.39 is 53.0 Å². The first-order valence-electron chi connectivity index (χ1n) is 9.09. The maximum Gasteiger partial charge on any atom is 0.573 e. The van der Waals surface area contributed by atoms with Gasteiger partial charge in [0.1, 0.15) is 5.75 Å². The van der Waals surface area contributed by atoms with Crippen molar-refractivity contribution in [2.24, 2.45) is 0 Å². The van der Waals surface area contributed by atoms with Crippen molar-refractivity contribution >= 4 is 5.91 Å². The molecule has 0 aliphatic carbocycles.